The molecule has 0 saturated carbocycles. The third-order valence-corrected chi connectivity index (χ3v) is 2.58. The highest BCUT2D eigenvalue weighted by molar-refractivity contribution is 5.54. The van der Waals surface area contributed by atoms with E-state index < -0.39 is 0 Å². The molecule has 3 saturated heterocycles. The Morgan fingerprint density at radius 1 is 1.40 bits per heavy atom. The fourth-order valence-corrected chi connectivity index (χ4v) is 2.06. The molecule has 0 radical (unpaired) electrons. The minimum absolute atomic E-state index is 0.654. The van der Waals surface area contributed by atoms with E-state index in [0.29, 0.717) is 12.1 Å². The molecule has 2 atom stereocenters. The number of rotatable bonds is 1. The number of nitrogens with zero attached hydrogens (tertiary/aromatic N) is 2. The minimum atomic E-state index is 0.654. The van der Waals surface area contributed by atoms with Gasteiger partial charge >= 0.3 is 0 Å². The number of fused-ring (bicyclic) bond motifs is 2. The fraction of sp³-hybridized carbons (Fsp3) is 0.857. The molecule has 3 heteroatoms. The Hall–Kier alpha value is -0.570. The SMILES string of the molecule is CN1CC2CC(C1)N2C=N. The van der Waals surface area contributed by atoms with Crippen molar-refractivity contribution in [1.29, 1.82) is 5.41 Å². The minimum Gasteiger partial charge on any atom is -0.354 e. The Labute approximate surface area is 61.1 Å². The molecule has 0 amide bonds. The first kappa shape index (κ1) is 6.16. The standard InChI is InChI=1S/C7H13N3/c1-9-3-6-2-7(4-9)10(6)5-8/h5-8H,2-4H2,1H3. The van der Waals surface area contributed by atoms with Gasteiger partial charge in [0.05, 0.1) is 6.34 Å². The van der Waals surface area contributed by atoms with Crippen LogP contribution in [-0.4, -0.2) is 48.4 Å². The van der Waals surface area contributed by atoms with Gasteiger partial charge in [-0.1, -0.05) is 0 Å². The van der Waals surface area contributed by atoms with Crippen LogP contribution in [0.3, 0.4) is 0 Å². The number of hydrogen-bond donors (Lipinski definition) is 1. The van der Waals surface area contributed by atoms with Crippen molar-refractivity contribution in [1.82, 2.24) is 9.80 Å². The molecule has 3 aliphatic heterocycles. The summed E-state index contributed by atoms with van der Waals surface area (Å²) < 4.78 is 0. The molecule has 56 valence electrons. The van der Waals surface area contributed by atoms with Crippen LogP contribution in [0.25, 0.3) is 0 Å². The summed E-state index contributed by atoms with van der Waals surface area (Å²) in [5, 5.41) is 7.11. The molecule has 3 fully saturated rings. The van der Waals surface area contributed by atoms with Gasteiger partial charge in [0.1, 0.15) is 0 Å². The van der Waals surface area contributed by atoms with Gasteiger partial charge in [0, 0.05) is 25.2 Å². The van der Waals surface area contributed by atoms with Crippen LogP contribution in [-0.2, 0) is 0 Å². The van der Waals surface area contributed by atoms with E-state index in [0.717, 1.165) is 13.1 Å². The van der Waals surface area contributed by atoms with Crippen molar-refractivity contribution in [2.45, 2.75) is 18.5 Å². The van der Waals surface area contributed by atoms with Crippen molar-refractivity contribution in [2.24, 2.45) is 0 Å². The molecular weight excluding hydrogens is 126 g/mol. The second-order valence-corrected chi connectivity index (χ2v) is 3.34. The first-order valence-electron chi connectivity index (χ1n) is 3.78. The Bertz CT molecular complexity index is 145. The fourth-order valence-electron chi connectivity index (χ4n) is 2.06. The highest BCUT2D eigenvalue weighted by Crippen LogP contribution is 2.29. The summed E-state index contributed by atoms with van der Waals surface area (Å²) in [5.41, 5.74) is 0. The van der Waals surface area contributed by atoms with Gasteiger partial charge in [0.2, 0.25) is 0 Å². The van der Waals surface area contributed by atoms with Gasteiger partial charge in [-0.3, -0.25) is 5.41 Å². The van der Waals surface area contributed by atoms with E-state index >= 15 is 0 Å². The van der Waals surface area contributed by atoms with E-state index in [2.05, 4.69) is 16.8 Å². The Kier molecular flexibility index (Phi) is 1.20. The van der Waals surface area contributed by atoms with E-state index in [9.17, 15) is 0 Å². The van der Waals surface area contributed by atoms with Crippen LogP contribution in [0.1, 0.15) is 6.42 Å². The van der Waals surface area contributed by atoms with E-state index in [1.165, 1.54) is 12.8 Å². The third kappa shape index (κ3) is 0.669. The van der Waals surface area contributed by atoms with Crippen molar-refractivity contribution in [2.75, 3.05) is 20.1 Å². The van der Waals surface area contributed by atoms with Gasteiger partial charge in [-0.2, -0.15) is 0 Å². The number of piperazine rings is 1. The molecule has 2 unspecified atom stereocenters. The molecule has 0 aromatic carbocycles. The molecule has 2 bridgehead atoms. The lowest BCUT2D eigenvalue weighted by molar-refractivity contribution is -0.00251. The van der Waals surface area contributed by atoms with Gasteiger partial charge in [-0.15, -0.1) is 0 Å². The predicted octanol–water partition coefficient (Wildman–Crippen LogP) is -0.0182. The smallest absolute Gasteiger partial charge is 0.0823 e. The highest BCUT2D eigenvalue weighted by Gasteiger charge is 2.41. The molecule has 10 heavy (non-hydrogen) atoms. The van der Waals surface area contributed by atoms with Crippen molar-refractivity contribution < 1.29 is 0 Å². The molecule has 3 heterocycles. The van der Waals surface area contributed by atoms with E-state index in [4.69, 9.17) is 5.41 Å². The van der Waals surface area contributed by atoms with E-state index in [1.54, 1.807) is 0 Å². The van der Waals surface area contributed by atoms with Crippen LogP contribution in [0, 0.1) is 5.41 Å². The normalized spacial score (nSPS) is 39.1. The second-order valence-electron chi connectivity index (χ2n) is 3.34. The van der Waals surface area contributed by atoms with Gasteiger partial charge < -0.3 is 9.80 Å². The average Bonchev–Trinajstić information content (AvgIpc) is 1.87. The van der Waals surface area contributed by atoms with Gasteiger partial charge in [0.25, 0.3) is 0 Å². The molecule has 3 nitrogen and oxygen atoms in total. The van der Waals surface area contributed by atoms with Crippen molar-refractivity contribution >= 4 is 6.34 Å². The van der Waals surface area contributed by atoms with E-state index in [1.807, 2.05) is 0 Å². The molecule has 0 aromatic rings. The van der Waals surface area contributed by atoms with Crippen LogP contribution in [0.4, 0.5) is 0 Å². The highest BCUT2D eigenvalue weighted by atomic mass is 15.3. The maximum atomic E-state index is 7.11. The predicted molar refractivity (Wildman–Crippen MR) is 40.3 cm³/mol. The molecule has 1 N–H and O–H groups in total. The monoisotopic (exact) mass is 139 g/mol. The number of nitrogens with one attached hydrogen (secondary N) is 1. The third-order valence-electron chi connectivity index (χ3n) is 2.58. The van der Waals surface area contributed by atoms with Crippen molar-refractivity contribution in [3.8, 4) is 0 Å². The van der Waals surface area contributed by atoms with Crippen LogP contribution < -0.4 is 0 Å². The van der Waals surface area contributed by atoms with Crippen LogP contribution in [0.5, 0.6) is 0 Å². The number of piperidine rings is 1. The maximum absolute atomic E-state index is 7.11. The molecule has 0 spiro atoms. The summed E-state index contributed by atoms with van der Waals surface area (Å²) in [6.07, 6.45) is 2.80. The van der Waals surface area contributed by atoms with Crippen LogP contribution in [0.15, 0.2) is 0 Å². The maximum Gasteiger partial charge on any atom is 0.0823 e. The van der Waals surface area contributed by atoms with E-state index in [-0.39, 0.29) is 0 Å². The van der Waals surface area contributed by atoms with Gasteiger partial charge in [0.15, 0.2) is 0 Å². The molecular formula is C7H13N3. The topological polar surface area (TPSA) is 30.3 Å². The Morgan fingerprint density at radius 2 is 2.00 bits per heavy atom. The first-order chi connectivity index (χ1) is 4.81. The number of hydrogen-bond acceptors (Lipinski definition) is 2. The summed E-state index contributed by atoms with van der Waals surface area (Å²) in [5.74, 6) is 0. The Morgan fingerprint density at radius 3 is 2.50 bits per heavy atom. The summed E-state index contributed by atoms with van der Waals surface area (Å²) in [6.45, 7) is 2.29. The molecule has 3 rings (SSSR count). The van der Waals surface area contributed by atoms with Gasteiger partial charge in [-0.25, -0.2) is 0 Å². The zero-order chi connectivity index (χ0) is 7.14. The van der Waals surface area contributed by atoms with Crippen LogP contribution in [0.2, 0.25) is 0 Å². The average molecular weight is 139 g/mol. The largest absolute Gasteiger partial charge is 0.354 e. The summed E-state index contributed by atoms with van der Waals surface area (Å²) in [7, 11) is 2.15. The van der Waals surface area contributed by atoms with Crippen molar-refractivity contribution in [3.63, 3.8) is 0 Å². The quantitative estimate of drug-likeness (QED) is 0.409. The van der Waals surface area contributed by atoms with Gasteiger partial charge in [-0.05, 0) is 13.5 Å². The molecule has 0 aliphatic carbocycles. The number of likely N-dealkylation sites (N-methyl/N-ethyl adjacent to an activating group) is 1. The first-order valence-corrected chi connectivity index (χ1v) is 3.78. The summed E-state index contributed by atoms with van der Waals surface area (Å²) in [4.78, 5) is 4.51. The van der Waals surface area contributed by atoms with Crippen molar-refractivity contribution in [3.05, 3.63) is 0 Å². The lowest BCUT2D eigenvalue weighted by Crippen LogP contribution is -2.67. The summed E-state index contributed by atoms with van der Waals surface area (Å²) >= 11 is 0. The lowest BCUT2D eigenvalue weighted by atomic mass is 9.89. The molecule has 0 aromatic heterocycles. The summed E-state index contributed by atoms with van der Waals surface area (Å²) in [6, 6.07) is 1.31. The van der Waals surface area contributed by atoms with Crippen LogP contribution >= 0.6 is 0 Å². The Balaban J connectivity index is 2.02. The lowest BCUT2D eigenvalue weighted by Gasteiger charge is -2.54. The zero-order valence-electron chi connectivity index (χ0n) is 6.25. The molecule has 3 aliphatic rings. The second kappa shape index (κ2) is 1.95. The zero-order valence-corrected chi connectivity index (χ0v) is 6.25.